The standard InChI is InChI=1S/C17H14FIN4O/c18-15-12-22(10-11-23(15)17-20-8-1-9-21-17)16(24)7-4-13-2-5-14(19)6-3-13/h1-3,5-6,8-9,15H,10-12H2. The number of anilines is 1. The highest BCUT2D eigenvalue weighted by Crippen LogP contribution is 2.16. The van der Waals surface area contributed by atoms with Gasteiger partial charge in [0.15, 0.2) is 6.30 Å². The van der Waals surface area contributed by atoms with Crippen LogP contribution in [0.3, 0.4) is 0 Å². The van der Waals surface area contributed by atoms with Crippen molar-refractivity contribution >= 4 is 34.4 Å². The maximum absolute atomic E-state index is 14.4. The Labute approximate surface area is 153 Å². The minimum absolute atomic E-state index is 0.0432. The SMILES string of the molecule is O=C(C#Cc1ccc(I)cc1)N1CCN(c2ncccn2)C(F)C1. The molecule has 1 aromatic carbocycles. The Balaban J connectivity index is 1.63. The predicted octanol–water partition coefficient (Wildman–Crippen LogP) is 2.08. The summed E-state index contributed by atoms with van der Waals surface area (Å²) in [6, 6.07) is 9.22. The van der Waals surface area contributed by atoms with E-state index in [-0.39, 0.29) is 12.5 Å². The van der Waals surface area contributed by atoms with E-state index in [0.29, 0.717) is 19.0 Å². The number of carbonyl (C=O) groups is 1. The van der Waals surface area contributed by atoms with E-state index >= 15 is 0 Å². The number of amides is 1. The molecule has 0 saturated carbocycles. The lowest BCUT2D eigenvalue weighted by Gasteiger charge is -2.36. The van der Waals surface area contributed by atoms with E-state index in [2.05, 4.69) is 44.4 Å². The normalized spacial score (nSPS) is 17.2. The lowest BCUT2D eigenvalue weighted by Crippen LogP contribution is -2.53. The molecule has 2 heterocycles. The molecular formula is C17H14FIN4O. The van der Waals surface area contributed by atoms with Crippen LogP contribution in [0.4, 0.5) is 10.3 Å². The third-order valence-electron chi connectivity index (χ3n) is 3.57. The zero-order valence-corrected chi connectivity index (χ0v) is 14.9. The zero-order chi connectivity index (χ0) is 16.9. The van der Waals surface area contributed by atoms with Crippen LogP contribution in [-0.2, 0) is 4.79 Å². The second-order valence-electron chi connectivity index (χ2n) is 5.18. The van der Waals surface area contributed by atoms with Crippen molar-refractivity contribution in [3.8, 4) is 11.8 Å². The predicted molar refractivity (Wildman–Crippen MR) is 96.9 cm³/mol. The Kier molecular flexibility index (Phi) is 5.25. The number of carbonyl (C=O) groups excluding carboxylic acids is 1. The summed E-state index contributed by atoms with van der Waals surface area (Å²) < 4.78 is 15.5. The summed E-state index contributed by atoms with van der Waals surface area (Å²) in [6.07, 6.45) is 1.79. The highest BCUT2D eigenvalue weighted by Gasteiger charge is 2.30. The summed E-state index contributed by atoms with van der Waals surface area (Å²) in [5.41, 5.74) is 0.761. The number of alkyl halides is 1. The minimum atomic E-state index is -1.34. The van der Waals surface area contributed by atoms with Gasteiger partial charge in [0.1, 0.15) is 0 Å². The maximum Gasteiger partial charge on any atom is 0.299 e. The van der Waals surface area contributed by atoms with E-state index in [9.17, 15) is 9.18 Å². The van der Waals surface area contributed by atoms with Gasteiger partial charge in [0.05, 0.1) is 6.54 Å². The molecule has 24 heavy (non-hydrogen) atoms. The first-order valence-electron chi connectivity index (χ1n) is 7.38. The zero-order valence-electron chi connectivity index (χ0n) is 12.7. The number of piperazine rings is 1. The molecule has 3 rings (SSSR count). The molecule has 1 saturated heterocycles. The number of rotatable bonds is 1. The first-order chi connectivity index (χ1) is 11.6. The molecular weight excluding hydrogens is 422 g/mol. The van der Waals surface area contributed by atoms with Gasteiger partial charge in [-0.25, -0.2) is 14.4 Å². The highest BCUT2D eigenvalue weighted by atomic mass is 127. The first-order valence-corrected chi connectivity index (χ1v) is 8.45. The molecule has 0 radical (unpaired) electrons. The average Bonchev–Trinajstić information content (AvgIpc) is 2.61. The van der Waals surface area contributed by atoms with Crippen LogP contribution in [0.15, 0.2) is 42.7 Å². The van der Waals surface area contributed by atoms with Crippen molar-refractivity contribution in [2.75, 3.05) is 24.5 Å². The van der Waals surface area contributed by atoms with Gasteiger partial charge in [0, 0.05) is 40.5 Å². The lowest BCUT2D eigenvalue weighted by molar-refractivity contribution is -0.126. The van der Waals surface area contributed by atoms with E-state index in [4.69, 9.17) is 0 Å². The fraction of sp³-hybridized carbons (Fsp3) is 0.235. The monoisotopic (exact) mass is 436 g/mol. The molecule has 7 heteroatoms. The summed E-state index contributed by atoms with van der Waals surface area (Å²) in [5, 5.41) is 0. The number of hydrogen-bond acceptors (Lipinski definition) is 4. The van der Waals surface area contributed by atoms with Gasteiger partial charge in [0.25, 0.3) is 5.91 Å². The van der Waals surface area contributed by atoms with Crippen molar-refractivity contribution in [1.29, 1.82) is 0 Å². The van der Waals surface area contributed by atoms with E-state index in [1.54, 1.807) is 18.5 Å². The summed E-state index contributed by atoms with van der Waals surface area (Å²) >= 11 is 2.20. The smallest absolute Gasteiger partial charge is 0.299 e. The molecule has 0 bridgehead atoms. The quantitative estimate of drug-likeness (QED) is 0.391. The van der Waals surface area contributed by atoms with E-state index in [1.807, 2.05) is 24.3 Å². The van der Waals surface area contributed by atoms with Gasteiger partial charge in [-0.1, -0.05) is 5.92 Å². The minimum Gasteiger partial charge on any atom is -0.325 e. The molecule has 1 fully saturated rings. The number of hydrogen-bond donors (Lipinski definition) is 0. The number of halogens is 2. The Morgan fingerprint density at radius 3 is 2.58 bits per heavy atom. The molecule has 5 nitrogen and oxygen atoms in total. The van der Waals surface area contributed by atoms with Crippen molar-refractivity contribution in [2.45, 2.75) is 6.30 Å². The molecule has 1 amide bonds. The Bertz CT molecular complexity index is 773. The van der Waals surface area contributed by atoms with Gasteiger partial charge >= 0.3 is 0 Å². The van der Waals surface area contributed by atoms with Crippen LogP contribution < -0.4 is 4.90 Å². The van der Waals surface area contributed by atoms with Crippen LogP contribution in [0.2, 0.25) is 0 Å². The van der Waals surface area contributed by atoms with Gasteiger partial charge in [0.2, 0.25) is 5.95 Å². The second kappa shape index (κ2) is 7.57. The van der Waals surface area contributed by atoms with Gasteiger partial charge < -0.3 is 9.80 Å². The average molecular weight is 436 g/mol. The number of aromatic nitrogens is 2. The Morgan fingerprint density at radius 1 is 1.21 bits per heavy atom. The van der Waals surface area contributed by atoms with Crippen molar-refractivity contribution in [3.63, 3.8) is 0 Å². The molecule has 1 aliphatic rings. The van der Waals surface area contributed by atoms with Crippen molar-refractivity contribution < 1.29 is 9.18 Å². The summed E-state index contributed by atoms with van der Waals surface area (Å²) in [7, 11) is 0. The molecule has 2 aromatic rings. The van der Waals surface area contributed by atoms with Crippen LogP contribution in [0.5, 0.6) is 0 Å². The second-order valence-corrected chi connectivity index (χ2v) is 6.43. The topological polar surface area (TPSA) is 49.3 Å². The van der Waals surface area contributed by atoms with Crippen LogP contribution in [-0.4, -0.2) is 46.7 Å². The van der Waals surface area contributed by atoms with Gasteiger partial charge in [-0.2, -0.15) is 0 Å². The summed E-state index contributed by atoms with van der Waals surface area (Å²) in [4.78, 5) is 23.1. The molecule has 1 aliphatic heterocycles. The van der Waals surface area contributed by atoms with Crippen molar-refractivity contribution in [1.82, 2.24) is 14.9 Å². The number of nitrogens with zero attached hydrogens (tertiary/aromatic N) is 4. The number of benzene rings is 1. The van der Waals surface area contributed by atoms with E-state index in [1.165, 1.54) is 9.80 Å². The molecule has 1 aromatic heterocycles. The summed E-state index contributed by atoms with van der Waals surface area (Å²) in [5.74, 6) is 5.37. The van der Waals surface area contributed by atoms with Gasteiger partial charge in [-0.15, -0.1) is 0 Å². The summed E-state index contributed by atoms with van der Waals surface area (Å²) in [6.45, 7) is 0.680. The third-order valence-corrected chi connectivity index (χ3v) is 4.29. The largest absolute Gasteiger partial charge is 0.325 e. The third kappa shape index (κ3) is 4.00. The van der Waals surface area contributed by atoms with Crippen LogP contribution >= 0.6 is 22.6 Å². The van der Waals surface area contributed by atoms with Crippen LogP contribution in [0.1, 0.15) is 5.56 Å². The molecule has 0 spiro atoms. The molecule has 1 atom stereocenters. The van der Waals surface area contributed by atoms with Gasteiger partial charge in [-0.05, 0) is 52.9 Å². The molecule has 0 N–H and O–H groups in total. The van der Waals surface area contributed by atoms with E-state index in [0.717, 1.165) is 9.13 Å². The highest BCUT2D eigenvalue weighted by molar-refractivity contribution is 14.1. The fourth-order valence-corrected chi connectivity index (χ4v) is 2.69. The van der Waals surface area contributed by atoms with E-state index < -0.39 is 6.30 Å². The van der Waals surface area contributed by atoms with Crippen molar-refractivity contribution in [2.24, 2.45) is 0 Å². The molecule has 122 valence electrons. The fourth-order valence-electron chi connectivity index (χ4n) is 2.33. The Morgan fingerprint density at radius 2 is 1.92 bits per heavy atom. The molecule has 0 aliphatic carbocycles. The van der Waals surface area contributed by atoms with Gasteiger partial charge in [-0.3, -0.25) is 4.79 Å². The lowest BCUT2D eigenvalue weighted by atomic mass is 10.2. The maximum atomic E-state index is 14.4. The van der Waals surface area contributed by atoms with Crippen LogP contribution in [0.25, 0.3) is 0 Å². The van der Waals surface area contributed by atoms with Crippen molar-refractivity contribution in [3.05, 3.63) is 51.9 Å². The Hall–Kier alpha value is -2.21. The van der Waals surface area contributed by atoms with Crippen LogP contribution in [0, 0.1) is 15.4 Å². The molecule has 1 unspecified atom stereocenters. The first kappa shape index (κ1) is 16.6.